The molecule has 0 amide bonds. The third-order valence-corrected chi connectivity index (χ3v) is 5.10. The summed E-state index contributed by atoms with van der Waals surface area (Å²) < 4.78 is 0. The lowest BCUT2D eigenvalue weighted by Crippen LogP contribution is -2.47. The molecule has 0 radical (unpaired) electrons. The van der Waals surface area contributed by atoms with Crippen molar-refractivity contribution >= 4 is 0 Å². The van der Waals surface area contributed by atoms with Crippen LogP contribution in [0.3, 0.4) is 0 Å². The Morgan fingerprint density at radius 2 is 2.00 bits per heavy atom. The number of hydrogen-bond acceptors (Lipinski definition) is 3. The lowest BCUT2D eigenvalue weighted by Gasteiger charge is -2.34. The number of aromatic nitrogens is 1. The first-order valence-electron chi connectivity index (χ1n) is 8.24. The van der Waals surface area contributed by atoms with Crippen LogP contribution in [-0.2, 0) is 0 Å². The number of hydrogen-bond donors (Lipinski definition) is 2. The second kappa shape index (κ2) is 6.68. The molecular weight excluding hydrogens is 246 g/mol. The molecule has 20 heavy (non-hydrogen) atoms. The minimum absolute atomic E-state index is 0.423. The van der Waals surface area contributed by atoms with Gasteiger partial charge in [0, 0.05) is 30.5 Å². The number of nitrogens with zero attached hydrogens (tertiary/aromatic N) is 1. The summed E-state index contributed by atoms with van der Waals surface area (Å²) in [6, 6.07) is 6.09. The zero-order valence-corrected chi connectivity index (χ0v) is 12.5. The van der Waals surface area contributed by atoms with Crippen LogP contribution in [0.15, 0.2) is 24.5 Å². The van der Waals surface area contributed by atoms with E-state index in [1.807, 2.05) is 12.4 Å². The molecule has 2 fully saturated rings. The number of pyridine rings is 1. The fourth-order valence-corrected chi connectivity index (χ4v) is 3.99. The average molecular weight is 273 g/mol. The van der Waals surface area contributed by atoms with Gasteiger partial charge in [0.25, 0.3) is 0 Å². The minimum Gasteiger partial charge on any atom is -0.314 e. The Kier molecular flexibility index (Phi) is 4.69. The molecule has 1 aliphatic carbocycles. The van der Waals surface area contributed by atoms with Crippen molar-refractivity contribution in [3.63, 3.8) is 0 Å². The van der Waals surface area contributed by atoms with E-state index >= 15 is 0 Å². The molecule has 0 aromatic carbocycles. The third-order valence-electron chi connectivity index (χ3n) is 5.10. The summed E-state index contributed by atoms with van der Waals surface area (Å²) in [6.07, 6.45) is 12.0. The lowest BCUT2D eigenvalue weighted by molar-refractivity contribution is 0.248. The van der Waals surface area contributed by atoms with Crippen LogP contribution >= 0.6 is 0 Å². The molecule has 0 spiro atoms. The summed E-state index contributed by atoms with van der Waals surface area (Å²) >= 11 is 0. The van der Waals surface area contributed by atoms with Gasteiger partial charge in [-0.05, 0) is 62.8 Å². The van der Waals surface area contributed by atoms with Crippen LogP contribution in [-0.4, -0.2) is 23.6 Å². The van der Waals surface area contributed by atoms with Gasteiger partial charge in [-0.15, -0.1) is 0 Å². The topological polar surface area (TPSA) is 37.0 Å². The molecule has 2 aliphatic rings. The molecule has 1 aliphatic heterocycles. The quantitative estimate of drug-likeness (QED) is 0.885. The van der Waals surface area contributed by atoms with Crippen molar-refractivity contribution in [3.05, 3.63) is 30.1 Å². The van der Waals surface area contributed by atoms with Gasteiger partial charge < -0.3 is 10.6 Å². The lowest BCUT2D eigenvalue weighted by atomic mass is 9.88. The van der Waals surface area contributed by atoms with E-state index in [0.717, 1.165) is 12.0 Å². The second-order valence-corrected chi connectivity index (χ2v) is 6.43. The zero-order chi connectivity index (χ0) is 13.8. The molecule has 1 aromatic rings. The number of nitrogens with one attached hydrogen (secondary N) is 2. The number of rotatable bonds is 4. The highest BCUT2D eigenvalue weighted by Gasteiger charge is 2.34. The van der Waals surface area contributed by atoms with E-state index in [0.29, 0.717) is 12.1 Å². The van der Waals surface area contributed by atoms with Gasteiger partial charge in [-0.1, -0.05) is 12.8 Å². The standard InChI is InChI=1S/C17H27N3/c1-13(14-8-11-18-12-9-14)20-17-7-4-5-15(17)16-6-2-3-10-19-16/h8-9,11-13,15-17,19-20H,2-7,10H2,1H3. The number of piperidine rings is 1. The molecule has 3 heteroatoms. The Balaban J connectivity index is 1.61. The maximum atomic E-state index is 4.11. The smallest absolute Gasteiger partial charge is 0.0295 e. The highest BCUT2D eigenvalue weighted by Crippen LogP contribution is 2.33. The van der Waals surface area contributed by atoms with Crippen molar-refractivity contribution < 1.29 is 0 Å². The Hall–Kier alpha value is -0.930. The summed E-state index contributed by atoms with van der Waals surface area (Å²) in [5.74, 6) is 0.819. The third kappa shape index (κ3) is 3.21. The van der Waals surface area contributed by atoms with Gasteiger partial charge in [0.05, 0.1) is 0 Å². The van der Waals surface area contributed by atoms with Crippen molar-refractivity contribution in [2.75, 3.05) is 6.54 Å². The predicted molar refractivity (Wildman–Crippen MR) is 82.6 cm³/mol. The summed E-state index contributed by atoms with van der Waals surface area (Å²) in [4.78, 5) is 4.11. The average Bonchev–Trinajstić information content (AvgIpc) is 2.97. The highest BCUT2D eigenvalue weighted by atomic mass is 15.0. The van der Waals surface area contributed by atoms with Crippen LogP contribution in [0.4, 0.5) is 0 Å². The minimum atomic E-state index is 0.423. The van der Waals surface area contributed by atoms with Crippen LogP contribution in [0.1, 0.15) is 57.1 Å². The Morgan fingerprint density at radius 1 is 1.15 bits per heavy atom. The highest BCUT2D eigenvalue weighted by molar-refractivity contribution is 5.14. The molecule has 1 aromatic heterocycles. The summed E-state index contributed by atoms with van der Waals surface area (Å²) in [5, 5.41) is 7.63. The molecule has 3 nitrogen and oxygen atoms in total. The molecule has 1 saturated carbocycles. The Bertz CT molecular complexity index is 400. The van der Waals surface area contributed by atoms with Gasteiger partial charge in [-0.25, -0.2) is 0 Å². The van der Waals surface area contributed by atoms with E-state index in [9.17, 15) is 0 Å². The first-order valence-corrected chi connectivity index (χ1v) is 8.24. The van der Waals surface area contributed by atoms with Crippen LogP contribution < -0.4 is 10.6 Å². The van der Waals surface area contributed by atoms with E-state index in [1.165, 1.54) is 50.6 Å². The van der Waals surface area contributed by atoms with Gasteiger partial charge in [0.15, 0.2) is 0 Å². The molecular formula is C17H27N3. The maximum Gasteiger partial charge on any atom is 0.0295 e. The van der Waals surface area contributed by atoms with Gasteiger partial charge in [0.2, 0.25) is 0 Å². The first-order chi connectivity index (χ1) is 9.84. The van der Waals surface area contributed by atoms with Gasteiger partial charge in [-0.3, -0.25) is 4.98 Å². The molecule has 110 valence electrons. The summed E-state index contributed by atoms with van der Waals surface area (Å²) in [7, 11) is 0. The normalized spacial score (nSPS) is 32.1. The summed E-state index contributed by atoms with van der Waals surface area (Å²) in [5.41, 5.74) is 1.35. The molecule has 2 N–H and O–H groups in total. The van der Waals surface area contributed by atoms with Crippen LogP contribution in [0.2, 0.25) is 0 Å². The first kappa shape index (κ1) is 14.0. The van der Waals surface area contributed by atoms with Crippen molar-refractivity contribution in [2.24, 2.45) is 5.92 Å². The Labute approximate surface area is 122 Å². The molecule has 4 unspecified atom stereocenters. The van der Waals surface area contributed by atoms with E-state index in [4.69, 9.17) is 0 Å². The largest absolute Gasteiger partial charge is 0.314 e. The fraction of sp³-hybridized carbons (Fsp3) is 0.706. The molecule has 0 bridgehead atoms. The Morgan fingerprint density at radius 3 is 2.75 bits per heavy atom. The van der Waals surface area contributed by atoms with E-state index in [1.54, 1.807) is 0 Å². The van der Waals surface area contributed by atoms with Crippen LogP contribution in [0.5, 0.6) is 0 Å². The van der Waals surface area contributed by atoms with Gasteiger partial charge >= 0.3 is 0 Å². The van der Waals surface area contributed by atoms with Crippen molar-refractivity contribution in [1.82, 2.24) is 15.6 Å². The zero-order valence-electron chi connectivity index (χ0n) is 12.5. The van der Waals surface area contributed by atoms with E-state index < -0.39 is 0 Å². The van der Waals surface area contributed by atoms with Crippen molar-refractivity contribution in [2.45, 2.75) is 63.6 Å². The molecule has 4 atom stereocenters. The van der Waals surface area contributed by atoms with Crippen LogP contribution in [0.25, 0.3) is 0 Å². The monoisotopic (exact) mass is 273 g/mol. The van der Waals surface area contributed by atoms with Crippen LogP contribution in [0, 0.1) is 5.92 Å². The second-order valence-electron chi connectivity index (χ2n) is 6.43. The van der Waals surface area contributed by atoms with E-state index in [-0.39, 0.29) is 0 Å². The fourth-order valence-electron chi connectivity index (χ4n) is 3.99. The van der Waals surface area contributed by atoms with Gasteiger partial charge in [0.1, 0.15) is 0 Å². The SMILES string of the molecule is CC(NC1CCCC1C1CCCCN1)c1ccncc1. The predicted octanol–water partition coefficient (Wildman–Crippen LogP) is 3.04. The van der Waals surface area contributed by atoms with Gasteiger partial charge in [-0.2, -0.15) is 0 Å². The molecule has 2 heterocycles. The molecule has 1 saturated heterocycles. The maximum absolute atomic E-state index is 4.11. The van der Waals surface area contributed by atoms with Crippen molar-refractivity contribution in [1.29, 1.82) is 0 Å². The molecule has 3 rings (SSSR count). The van der Waals surface area contributed by atoms with E-state index in [2.05, 4.69) is 34.7 Å². The van der Waals surface area contributed by atoms with Crippen molar-refractivity contribution in [3.8, 4) is 0 Å². The summed E-state index contributed by atoms with van der Waals surface area (Å²) in [6.45, 7) is 3.49.